The van der Waals surface area contributed by atoms with Crippen molar-refractivity contribution in [2.45, 2.75) is 59.9 Å². The number of carbonyl (C=O) groups excluding carboxylic acids is 1. The molecule has 0 spiro atoms. The molecule has 0 aromatic carbocycles. The predicted molar refractivity (Wildman–Crippen MR) is 61.6 cm³/mol. The van der Waals surface area contributed by atoms with Gasteiger partial charge in [-0.25, -0.2) is 0 Å². The lowest BCUT2D eigenvalue weighted by Gasteiger charge is -2.24. The molecule has 4 nitrogen and oxygen atoms in total. The first kappa shape index (κ1) is 15.4. The highest BCUT2D eigenvalue weighted by molar-refractivity contribution is 5.71. The highest BCUT2D eigenvalue weighted by Gasteiger charge is 2.22. The molecule has 4 heteroatoms. The maximum Gasteiger partial charge on any atom is 0.310 e. The summed E-state index contributed by atoms with van der Waals surface area (Å²) in [6.45, 7) is 9.40. The number of aliphatic hydroxyl groups excluding tert-OH is 2. The first-order valence-electron chi connectivity index (χ1n) is 5.68. The third-order valence-electron chi connectivity index (χ3n) is 2.05. The first-order valence-corrected chi connectivity index (χ1v) is 5.68. The fourth-order valence-corrected chi connectivity index (χ4v) is 1.34. The quantitative estimate of drug-likeness (QED) is 0.559. The Morgan fingerprint density at radius 3 is 2.12 bits per heavy atom. The average Bonchev–Trinajstić information content (AvgIpc) is 1.98. The molecule has 0 saturated heterocycles. The standard InChI is InChI=1S/C12H24O4/c1-8(2)11(15)16-10(14)6-9(13)7-12(3,4)5/h8-10,13-14H,6-7H2,1-5H3. The fraction of sp³-hybridized carbons (Fsp3) is 0.917. The van der Waals surface area contributed by atoms with E-state index in [1.807, 2.05) is 20.8 Å². The fourth-order valence-electron chi connectivity index (χ4n) is 1.34. The summed E-state index contributed by atoms with van der Waals surface area (Å²) in [5, 5.41) is 19.1. The highest BCUT2D eigenvalue weighted by Crippen LogP contribution is 2.22. The molecule has 0 bridgehead atoms. The van der Waals surface area contributed by atoms with Crippen LogP contribution in [0.1, 0.15) is 47.5 Å². The van der Waals surface area contributed by atoms with E-state index < -0.39 is 18.4 Å². The lowest BCUT2D eigenvalue weighted by molar-refractivity contribution is -0.176. The van der Waals surface area contributed by atoms with Gasteiger partial charge in [-0.2, -0.15) is 0 Å². The van der Waals surface area contributed by atoms with Crippen LogP contribution >= 0.6 is 0 Å². The predicted octanol–water partition coefficient (Wildman–Crippen LogP) is 1.69. The minimum Gasteiger partial charge on any atom is -0.436 e. The smallest absolute Gasteiger partial charge is 0.310 e. The molecular formula is C12H24O4. The zero-order valence-corrected chi connectivity index (χ0v) is 10.9. The maximum atomic E-state index is 11.2. The molecule has 2 N–H and O–H groups in total. The summed E-state index contributed by atoms with van der Waals surface area (Å²) in [5.41, 5.74) is -0.0127. The molecule has 0 aromatic heterocycles. The normalized spacial score (nSPS) is 16.0. The maximum absolute atomic E-state index is 11.2. The monoisotopic (exact) mass is 232 g/mol. The first-order chi connectivity index (χ1) is 7.11. The molecule has 96 valence electrons. The number of ether oxygens (including phenoxy) is 1. The van der Waals surface area contributed by atoms with Gasteiger partial charge in [-0.3, -0.25) is 4.79 Å². The van der Waals surface area contributed by atoms with Crippen molar-refractivity contribution in [1.82, 2.24) is 0 Å². The van der Waals surface area contributed by atoms with Crippen LogP contribution in [0.4, 0.5) is 0 Å². The van der Waals surface area contributed by atoms with Gasteiger partial charge in [-0.05, 0) is 11.8 Å². The molecule has 0 rings (SSSR count). The molecule has 0 fully saturated rings. The van der Waals surface area contributed by atoms with Crippen molar-refractivity contribution in [3.8, 4) is 0 Å². The number of rotatable bonds is 5. The largest absolute Gasteiger partial charge is 0.436 e. The summed E-state index contributed by atoms with van der Waals surface area (Å²) in [5.74, 6) is -0.718. The van der Waals surface area contributed by atoms with Crippen molar-refractivity contribution in [1.29, 1.82) is 0 Å². The van der Waals surface area contributed by atoms with Gasteiger partial charge in [-0.15, -0.1) is 0 Å². The second-order valence-electron chi connectivity index (χ2n) is 5.70. The van der Waals surface area contributed by atoms with E-state index in [0.717, 1.165) is 0 Å². The van der Waals surface area contributed by atoms with Crippen molar-refractivity contribution in [2.75, 3.05) is 0 Å². The number of aliphatic hydroxyl groups is 2. The lowest BCUT2D eigenvalue weighted by atomic mass is 9.88. The Labute approximate surface area is 97.6 Å². The van der Waals surface area contributed by atoms with Gasteiger partial charge in [0, 0.05) is 6.42 Å². The lowest BCUT2D eigenvalue weighted by Crippen LogP contribution is -2.27. The molecule has 2 atom stereocenters. The van der Waals surface area contributed by atoms with Crippen LogP contribution in [0, 0.1) is 11.3 Å². The summed E-state index contributed by atoms with van der Waals surface area (Å²) in [4.78, 5) is 11.2. The zero-order chi connectivity index (χ0) is 12.9. The van der Waals surface area contributed by atoms with Crippen molar-refractivity contribution >= 4 is 5.97 Å². The summed E-state index contributed by atoms with van der Waals surface area (Å²) in [7, 11) is 0. The summed E-state index contributed by atoms with van der Waals surface area (Å²) in [6, 6.07) is 0. The molecule has 0 radical (unpaired) electrons. The van der Waals surface area contributed by atoms with Crippen LogP contribution in [0.2, 0.25) is 0 Å². The van der Waals surface area contributed by atoms with Gasteiger partial charge in [0.25, 0.3) is 0 Å². The summed E-state index contributed by atoms with van der Waals surface area (Å²) in [6.07, 6.45) is -1.25. The van der Waals surface area contributed by atoms with Gasteiger partial charge in [0.05, 0.1) is 12.0 Å². The minimum absolute atomic E-state index is 0.0127. The van der Waals surface area contributed by atoms with Gasteiger partial charge < -0.3 is 14.9 Å². The molecule has 0 heterocycles. The van der Waals surface area contributed by atoms with Gasteiger partial charge in [0.15, 0.2) is 0 Å². The molecule has 0 amide bonds. The van der Waals surface area contributed by atoms with E-state index in [4.69, 9.17) is 4.74 Å². The van der Waals surface area contributed by atoms with E-state index in [-0.39, 0.29) is 17.8 Å². The Balaban J connectivity index is 3.96. The minimum atomic E-state index is -1.22. The molecular weight excluding hydrogens is 208 g/mol. The van der Waals surface area contributed by atoms with Crippen LogP contribution in [0.3, 0.4) is 0 Å². The van der Waals surface area contributed by atoms with Crippen molar-refractivity contribution in [3.63, 3.8) is 0 Å². The zero-order valence-electron chi connectivity index (χ0n) is 10.9. The number of hydrogen-bond donors (Lipinski definition) is 2. The molecule has 0 aliphatic heterocycles. The molecule has 0 aliphatic carbocycles. The second kappa shape index (κ2) is 6.21. The van der Waals surface area contributed by atoms with Crippen molar-refractivity contribution in [3.05, 3.63) is 0 Å². The molecule has 0 aliphatic rings. The number of carbonyl (C=O) groups is 1. The van der Waals surface area contributed by atoms with Gasteiger partial charge in [-0.1, -0.05) is 34.6 Å². The van der Waals surface area contributed by atoms with E-state index >= 15 is 0 Å². The Kier molecular flexibility index (Phi) is 5.97. The van der Waals surface area contributed by atoms with Crippen molar-refractivity contribution in [2.24, 2.45) is 11.3 Å². The van der Waals surface area contributed by atoms with Gasteiger partial charge in [0.1, 0.15) is 0 Å². The van der Waals surface area contributed by atoms with Crippen LogP contribution in [0.5, 0.6) is 0 Å². The van der Waals surface area contributed by atoms with Gasteiger partial charge >= 0.3 is 5.97 Å². The van der Waals surface area contributed by atoms with E-state index in [1.54, 1.807) is 13.8 Å². The Morgan fingerprint density at radius 1 is 1.25 bits per heavy atom. The van der Waals surface area contributed by atoms with E-state index in [2.05, 4.69) is 0 Å². The van der Waals surface area contributed by atoms with E-state index in [1.165, 1.54) is 0 Å². The van der Waals surface area contributed by atoms with Crippen LogP contribution in [0.25, 0.3) is 0 Å². The van der Waals surface area contributed by atoms with E-state index in [0.29, 0.717) is 6.42 Å². The molecule has 2 unspecified atom stereocenters. The third-order valence-corrected chi connectivity index (χ3v) is 2.05. The van der Waals surface area contributed by atoms with Crippen LogP contribution in [-0.2, 0) is 9.53 Å². The highest BCUT2D eigenvalue weighted by atomic mass is 16.6. The van der Waals surface area contributed by atoms with Crippen LogP contribution < -0.4 is 0 Å². The van der Waals surface area contributed by atoms with Crippen molar-refractivity contribution < 1.29 is 19.7 Å². The van der Waals surface area contributed by atoms with Crippen LogP contribution in [-0.4, -0.2) is 28.6 Å². The van der Waals surface area contributed by atoms with E-state index in [9.17, 15) is 15.0 Å². The SMILES string of the molecule is CC(C)C(=O)OC(O)CC(O)CC(C)(C)C. The molecule has 0 saturated carbocycles. The Bertz CT molecular complexity index is 218. The molecule has 16 heavy (non-hydrogen) atoms. The summed E-state index contributed by atoms with van der Waals surface area (Å²) >= 11 is 0. The van der Waals surface area contributed by atoms with Gasteiger partial charge in [0.2, 0.25) is 6.29 Å². The second-order valence-corrected chi connectivity index (χ2v) is 5.70. The topological polar surface area (TPSA) is 66.8 Å². The van der Waals surface area contributed by atoms with Crippen LogP contribution in [0.15, 0.2) is 0 Å². The number of esters is 1. The Hall–Kier alpha value is -0.610. The Morgan fingerprint density at radius 2 is 1.75 bits per heavy atom. The number of hydrogen-bond acceptors (Lipinski definition) is 4. The summed E-state index contributed by atoms with van der Waals surface area (Å²) < 4.78 is 4.75. The average molecular weight is 232 g/mol. The third kappa shape index (κ3) is 7.65. The molecule has 0 aromatic rings.